The first-order chi connectivity index (χ1) is 7.72. The Morgan fingerprint density at radius 1 is 0.882 bits per heavy atom. The van der Waals surface area contributed by atoms with Crippen molar-refractivity contribution >= 4 is 23.3 Å². The van der Waals surface area contributed by atoms with E-state index < -0.39 is 5.97 Å². The largest absolute Gasteiger partial charge is 0.481 e. The van der Waals surface area contributed by atoms with Crippen LogP contribution in [0.25, 0.3) is 0 Å². The fraction of sp³-hybridized carbons (Fsp3) is 0.929. The maximum Gasteiger partial charge on any atom is 0.306 e. The minimum atomic E-state index is -0.590. The molecule has 0 unspecified atom stereocenters. The van der Waals surface area contributed by atoms with E-state index in [9.17, 15) is 4.79 Å². The molecule has 0 aromatic heterocycles. The molecule has 0 bridgehead atoms. The van der Waals surface area contributed by atoms with E-state index in [-0.39, 0.29) is 23.3 Å². The van der Waals surface area contributed by atoms with E-state index in [1.54, 1.807) is 0 Å². The lowest BCUT2D eigenvalue weighted by Gasteiger charge is -2.11. The van der Waals surface area contributed by atoms with Crippen molar-refractivity contribution in [1.82, 2.24) is 0 Å². The van der Waals surface area contributed by atoms with Gasteiger partial charge in [0.25, 0.3) is 0 Å². The third-order valence-corrected chi connectivity index (χ3v) is 3.16. The van der Waals surface area contributed by atoms with Crippen LogP contribution < -0.4 is 0 Å². The van der Waals surface area contributed by atoms with E-state index in [1.165, 1.54) is 38.5 Å². The van der Waals surface area contributed by atoms with Crippen LogP contribution in [0.5, 0.6) is 0 Å². The maximum atomic E-state index is 11.0. The molecule has 0 heterocycles. The van der Waals surface area contributed by atoms with Crippen molar-refractivity contribution in [2.75, 3.05) is 0 Å². The molecular formula is C14H31AlO2. The Bertz CT molecular complexity index is 160. The normalized spacial score (nSPS) is 10.3. The Hall–Kier alpha value is 0.00247. The molecule has 0 saturated carbocycles. The number of hydrogen-bond donors (Lipinski definition) is 1. The van der Waals surface area contributed by atoms with Gasteiger partial charge < -0.3 is 5.11 Å². The van der Waals surface area contributed by atoms with E-state index in [1.807, 2.05) is 0 Å². The van der Waals surface area contributed by atoms with Gasteiger partial charge in [-0.25, -0.2) is 0 Å². The zero-order chi connectivity index (χ0) is 12.2. The van der Waals surface area contributed by atoms with Gasteiger partial charge in [0.05, 0.1) is 5.92 Å². The van der Waals surface area contributed by atoms with Gasteiger partial charge >= 0.3 is 5.97 Å². The third kappa shape index (κ3) is 12.3. The molecule has 0 amide bonds. The molecule has 0 atom stereocenters. The van der Waals surface area contributed by atoms with Gasteiger partial charge in [-0.3, -0.25) is 4.79 Å². The zero-order valence-corrected chi connectivity index (χ0v) is 11.0. The van der Waals surface area contributed by atoms with Crippen LogP contribution in [0.15, 0.2) is 0 Å². The Balaban J connectivity index is 0. The number of rotatable bonds is 11. The van der Waals surface area contributed by atoms with Gasteiger partial charge in [-0.2, -0.15) is 0 Å². The highest BCUT2D eigenvalue weighted by Crippen LogP contribution is 2.18. The van der Waals surface area contributed by atoms with Crippen molar-refractivity contribution in [2.45, 2.75) is 78.1 Å². The summed E-state index contributed by atoms with van der Waals surface area (Å²) in [5, 5.41) is 9.09. The lowest BCUT2D eigenvalue weighted by Crippen LogP contribution is -2.13. The summed E-state index contributed by atoms with van der Waals surface area (Å²) in [4.78, 5) is 11.0. The van der Waals surface area contributed by atoms with Gasteiger partial charge in [0.1, 0.15) is 0 Å². The summed E-state index contributed by atoms with van der Waals surface area (Å²) in [6.45, 7) is 4.36. The predicted octanol–water partition coefficient (Wildman–Crippen LogP) is 3.44. The Kier molecular flexibility index (Phi) is 16.0. The number of carboxylic acid groups (broad SMARTS) is 1. The summed E-state index contributed by atoms with van der Waals surface area (Å²) in [6, 6.07) is 0. The topological polar surface area (TPSA) is 37.3 Å². The summed E-state index contributed by atoms with van der Waals surface area (Å²) >= 11 is 0. The van der Waals surface area contributed by atoms with Crippen LogP contribution in [0.3, 0.4) is 0 Å². The molecule has 2 nitrogen and oxygen atoms in total. The Morgan fingerprint density at radius 3 is 1.59 bits per heavy atom. The molecule has 102 valence electrons. The number of aliphatic carboxylic acids is 1. The van der Waals surface area contributed by atoms with Crippen LogP contribution in [0.4, 0.5) is 0 Å². The van der Waals surface area contributed by atoms with Gasteiger partial charge in [0.15, 0.2) is 17.4 Å². The van der Waals surface area contributed by atoms with E-state index in [0.29, 0.717) is 0 Å². The smallest absolute Gasteiger partial charge is 0.306 e. The van der Waals surface area contributed by atoms with Crippen LogP contribution in [0, 0.1) is 5.92 Å². The zero-order valence-electron chi connectivity index (χ0n) is 11.0. The van der Waals surface area contributed by atoms with Crippen molar-refractivity contribution in [3.8, 4) is 0 Å². The summed E-state index contributed by atoms with van der Waals surface area (Å²) < 4.78 is 0. The number of hydrogen-bond acceptors (Lipinski definition) is 1. The van der Waals surface area contributed by atoms with Crippen molar-refractivity contribution in [3.63, 3.8) is 0 Å². The molecular weight excluding hydrogens is 227 g/mol. The second-order valence-electron chi connectivity index (χ2n) is 4.73. The monoisotopic (exact) mass is 258 g/mol. The van der Waals surface area contributed by atoms with Crippen LogP contribution in [0.1, 0.15) is 78.1 Å². The van der Waals surface area contributed by atoms with Gasteiger partial charge in [-0.15, -0.1) is 0 Å². The van der Waals surface area contributed by atoms with Crippen LogP contribution >= 0.6 is 0 Å². The molecule has 1 N–H and O–H groups in total. The van der Waals surface area contributed by atoms with Crippen molar-refractivity contribution in [3.05, 3.63) is 0 Å². The molecule has 0 aromatic rings. The summed E-state index contributed by atoms with van der Waals surface area (Å²) in [5.74, 6) is -0.679. The molecule has 0 aliphatic heterocycles. The minimum Gasteiger partial charge on any atom is -0.481 e. The van der Waals surface area contributed by atoms with Gasteiger partial charge in [-0.05, 0) is 12.8 Å². The number of carboxylic acids is 1. The quantitative estimate of drug-likeness (QED) is 0.455. The molecule has 17 heavy (non-hydrogen) atoms. The fourth-order valence-corrected chi connectivity index (χ4v) is 2.03. The van der Waals surface area contributed by atoms with Crippen LogP contribution in [0.2, 0.25) is 0 Å². The van der Waals surface area contributed by atoms with Gasteiger partial charge in [0.2, 0.25) is 0 Å². The fourth-order valence-electron chi connectivity index (χ4n) is 2.03. The second-order valence-corrected chi connectivity index (χ2v) is 4.73. The molecule has 0 radical (unpaired) electrons. The Labute approximate surface area is 117 Å². The molecule has 0 spiro atoms. The van der Waals surface area contributed by atoms with Crippen molar-refractivity contribution in [2.24, 2.45) is 5.92 Å². The van der Waals surface area contributed by atoms with E-state index in [2.05, 4.69) is 13.8 Å². The summed E-state index contributed by atoms with van der Waals surface area (Å²) in [7, 11) is 0. The molecule has 0 rings (SSSR count). The lowest BCUT2D eigenvalue weighted by atomic mass is 9.95. The highest BCUT2D eigenvalue weighted by Gasteiger charge is 2.15. The first-order valence-electron chi connectivity index (χ1n) is 6.95. The first-order valence-corrected chi connectivity index (χ1v) is 6.95. The van der Waals surface area contributed by atoms with Crippen molar-refractivity contribution in [1.29, 1.82) is 0 Å². The standard InChI is InChI=1S/C14H28O2.Al.3H/c1-3-5-7-9-11-13(14(15)16)12-10-8-6-4-2;;;;/h13H,3-12H2,1-2H3,(H,15,16);;;;. The highest BCUT2D eigenvalue weighted by atomic mass is 27.0. The SMILES string of the molecule is CCCCCCC(CCCCCC)C(=O)O.[AlH3]. The number of carbonyl (C=O) groups is 1. The molecule has 3 heteroatoms. The average Bonchev–Trinajstić information content (AvgIpc) is 2.26. The third-order valence-electron chi connectivity index (χ3n) is 3.16. The van der Waals surface area contributed by atoms with Crippen LogP contribution in [-0.4, -0.2) is 28.4 Å². The maximum absolute atomic E-state index is 11.0. The Morgan fingerprint density at radius 2 is 1.29 bits per heavy atom. The van der Waals surface area contributed by atoms with E-state index in [4.69, 9.17) is 5.11 Å². The van der Waals surface area contributed by atoms with E-state index >= 15 is 0 Å². The van der Waals surface area contributed by atoms with E-state index in [0.717, 1.165) is 25.7 Å². The minimum absolute atomic E-state index is 0. The lowest BCUT2D eigenvalue weighted by molar-refractivity contribution is -0.142. The summed E-state index contributed by atoms with van der Waals surface area (Å²) in [5.41, 5.74) is 0. The molecule has 0 saturated heterocycles. The predicted molar refractivity (Wildman–Crippen MR) is 78.6 cm³/mol. The highest BCUT2D eigenvalue weighted by molar-refractivity contribution is 5.75. The average molecular weight is 258 g/mol. The molecule has 0 aliphatic rings. The second kappa shape index (κ2) is 14.1. The van der Waals surface area contributed by atoms with Crippen molar-refractivity contribution < 1.29 is 9.90 Å². The molecule has 0 fully saturated rings. The number of unbranched alkanes of at least 4 members (excludes halogenated alkanes) is 6. The van der Waals surface area contributed by atoms with Crippen LogP contribution in [-0.2, 0) is 4.79 Å². The van der Waals surface area contributed by atoms with Gasteiger partial charge in [0, 0.05) is 0 Å². The molecule has 0 aromatic carbocycles. The summed E-state index contributed by atoms with van der Waals surface area (Å²) in [6.07, 6.45) is 11.2. The first kappa shape index (κ1) is 19.3. The van der Waals surface area contributed by atoms with Gasteiger partial charge in [-0.1, -0.05) is 65.2 Å². The molecule has 0 aliphatic carbocycles.